The Bertz CT molecular complexity index is 1640. The predicted octanol–water partition coefficient (Wildman–Crippen LogP) is 5.67. The number of carbonyl (C=O) groups excluding carboxylic acids is 1. The molecule has 188 valence electrons. The van der Waals surface area contributed by atoms with Crippen molar-refractivity contribution in [3.8, 4) is 11.3 Å². The van der Waals surface area contributed by atoms with Crippen molar-refractivity contribution in [3.63, 3.8) is 0 Å². The van der Waals surface area contributed by atoms with Crippen LogP contribution in [0.4, 0.5) is 23.2 Å². The third kappa shape index (κ3) is 5.06. The molecule has 7 nitrogen and oxygen atoms in total. The van der Waals surface area contributed by atoms with Crippen LogP contribution in [0.25, 0.3) is 16.9 Å². The molecule has 37 heavy (non-hydrogen) atoms. The van der Waals surface area contributed by atoms with Gasteiger partial charge in [0.1, 0.15) is 5.82 Å². The SMILES string of the molecule is Cc1ccc(-c2cc(C(F)(F)F)n3nc(C(=O)Nc4cnn(Cc5cccc(F)c5)c4)cc3n2)cc1C. The molecule has 1 N–H and O–H groups in total. The standard InChI is InChI=1S/C26H20F4N6O/c1-15-6-7-18(8-16(15)2)21-10-23(26(28,29)30)36-24(33-21)11-22(34-36)25(37)32-20-12-31-35(14-20)13-17-4-3-5-19(27)9-17/h3-12,14H,13H2,1-2H3,(H,32,37). The first kappa shape index (κ1) is 24.2. The number of halogens is 4. The van der Waals surface area contributed by atoms with Crippen molar-refractivity contribution in [2.24, 2.45) is 0 Å². The maximum Gasteiger partial charge on any atom is 0.433 e. The van der Waals surface area contributed by atoms with Gasteiger partial charge in [-0.05, 0) is 54.8 Å². The van der Waals surface area contributed by atoms with Gasteiger partial charge in [-0.3, -0.25) is 9.48 Å². The summed E-state index contributed by atoms with van der Waals surface area (Å²) in [4.78, 5) is 17.1. The van der Waals surface area contributed by atoms with Crippen LogP contribution in [0, 0.1) is 19.7 Å². The minimum absolute atomic E-state index is 0.116. The van der Waals surface area contributed by atoms with Crippen LogP contribution >= 0.6 is 0 Å². The maximum absolute atomic E-state index is 13.9. The number of nitrogens with one attached hydrogen (secondary N) is 1. The number of rotatable bonds is 5. The number of amides is 1. The molecule has 0 aliphatic heterocycles. The van der Waals surface area contributed by atoms with E-state index >= 15 is 0 Å². The minimum atomic E-state index is -4.73. The van der Waals surface area contributed by atoms with Gasteiger partial charge in [-0.15, -0.1) is 0 Å². The molecule has 3 heterocycles. The second-order valence-corrected chi connectivity index (χ2v) is 8.63. The van der Waals surface area contributed by atoms with Crippen molar-refractivity contribution >= 4 is 17.2 Å². The first-order valence-corrected chi connectivity index (χ1v) is 11.2. The molecule has 0 aliphatic rings. The summed E-state index contributed by atoms with van der Waals surface area (Å²) >= 11 is 0. The van der Waals surface area contributed by atoms with Gasteiger partial charge in [-0.1, -0.05) is 24.3 Å². The number of hydrogen-bond donors (Lipinski definition) is 1. The first-order valence-electron chi connectivity index (χ1n) is 11.2. The van der Waals surface area contributed by atoms with Crippen molar-refractivity contribution in [3.05, 3.63) is 101 Å². The topological polar surface area (TPSA) is 77.1 Å². The molecule has 0 saturated heterocycles. The fourth-order valence-electron chi connectivity index (χ4n) is 3.87. The smallest absolute Gasteiger partial charge is 0.318 e. The van der Waals surface area contributed by atoms with E-state index in [1.165, 1.54) is 35.3 Å². The normalized spacial score (nSPS) is 11.7. The van der Waals surface area contributed by atoms with Crippen LogP contribution < -0.4 is 5.32 Å². The fraction of sp³-hybridized carbons (Fsp3) is 0.154. The number of aromatic nitrogens is 5. The average Bonchev–Trinajstić information content (AvgIpc) is 3.46. The molecule has 0 spiro atoms. The quantitative estimate of drug-likeness (QED) is 0.311. The lowest BCUT2D eigenvalue weighted by molar-refractivity contribution is -0.142. The summed E-state index contributed by atoms with van der Waals surface area (Å²) in [7, 11) is 0. The van der Waals surface area contributed by atoms with Crippen molar-refractivity contribution in [2.75, 3.05) is 5.32 Å². The Kier molecular flexibility index (Phi) is 5.98. The third-order valence-corrected chi connectivity index (χ3v) is 5.88. The molecule has 5 rings (SSSR count). The summed E-state index contributed by atoms with van der Waals surface area (Å²) in [6.07, 6.45) is -1.83. The highest BCUT2D eigenvalue weighted by Gasteiger charge is 2.35. The van der Waals surface area contributed by atoms with E-state index in [4.69, 9.17) is 0 Å². The monoisotopic (exact) mass is 508 g/mol. The minimum Gasteiger partial charge on any atom is -0.318 e. The highest BCUT2D eigenvalue weighted by molar-refractivity contribution is 6.03. The van der Waals surface area contributed by atoms with Crippen LogP contribution in [-0.2, 0) is 12.7 Å². The zero-order chi connectivity index (χ0) is 26.3. The Morgan fingerprint density at radius 3 is 2.57 bits per heavy atom. The van der Waals surface area contributed by atoms with Gasteiger partial charge in [0.05, 0.1) is 24.1 Å². The number of anilines is 1. The summed E-state index contributed by atoms with van der Waals surface area (Å²) in [6, 6.07) is 13.4. The highest BCUT2D eigenvalue weighted by atomic mass is 19.4. The summed E-state index contributed by atoms with van der Waals surface area (Å²) in [5, 5.41) is 10.6. The second kappa shape index (κ2) is 9.16. The molecule has 0 fully saturated rings. The zero-order valence-corrected chi connectivity index (χ0v) is 19.7. The first-order chi connectivity index (χ1) is 17.6. The lowest BCUT2D eigenvalue weighted by atomic mass is 10.0. The van der Waals surface area contributed by atoms with Gasteiger partial charge >= 0.3 is 6.18 Å². The molecule has 0 aliphatic carbocycles. The summed E-state index contributed by atoms with van der Waals surface area (Å²) in [5.41, 5.74) is 2.13. The Morgan fingerprint density at radius 2 is 1.84 bits per heavy atom. The van der Waals surface area contributed by atoms with Gasteiger partial charge in [0, 0.05) is 17.8 Å². The molecule has 0 saturated carbocycles. The molecule has 0 radical (unpaired) electrons. The van der Waals surface area contributed by atoms with Crippen molar-refractivity contribution in [2.45, 2.75) is 26.6 Å². The molecule has 3 aromatic heterocycles. The number of nitrogens with zero attached hydrogens (tertiary/aromatic N) is 5. The van der Waals surface area contributed by atoms with E-state index in [0.29, 0.717) is 21.3 Å². The maximum atomic E-state index is 13.9. The largest absolute Gasteiger partial charge is 0.433 e. The number of fused-ring (bicyclic) bond motifs is 1. The summed E-state index contributed by atoms with van der Waals surface area (Å²) in [6.45, 7) is 4.04. The van der Waals surface area contributed by atoms with Crippen molar-refractivity contribution in [1.29, 1.82) is 0 Å². The molecular weight excluding hydrogens is 488 g/mol. The molecule has 0 unspecified atom stereocenters. The van der Waals surface area contributed by atoms with E-state index in [0.717, 1.165) is 17.2 Å². The molecule has 1 amide bonds. The lowest BCUT2D eigenvalue weighted by Crippen LogP contribution is -2.15. The highest BCUT2D eigenvalue weighted by Crippen LogP contribution is 2.33. The van der Waals surface area contributed by atoms with E-state index in [-0.39, 0.29) is 29.4 Å². The average molecular weight is 508 g/mol. The molecule has 2 aromatic carbocycles. The van der Waals surface area contributed by atoms with Crippen LogP contribution in [0.3, 0.4) is 0 Å². The van der Waals surface area contributed by atoms with Crippen LogP contribution in [0.15, 0.2) is 67.0 Å². The number of aryl methyl sites for hydroxylation is 2. The molecule has 0 bridgehead atoms. The molecule has 11 heteroatoms. The van der Waals surface area contributed by atoms with E-state index < -0.39 is 17.8 Å². The van der Waals surface area contributed by atoms with Gasteiger partial charge < -0.3 is 5.32 Å². The van der Waals surface area contributed by atoms with E-state index in [2.05, 4.69) is 20.5 Å². The Hall–Kier alpha value is -4.54. The van der Waals surface area contributed by atoms with E-state index in [9.17, 15) is 22.4 Å². The zero-order valence-electron chi connectivity index (χ0n) is 19.7. The van der Waals surface area contributed by atoms with Gasteiger partial charge in [0.25, 0.3) is 5.91 Å². The van der Waals surface area contributed by atoms with Crippen molar-refractivity contribution in [1.82, 2.24) is 24.4 Å². The van der Waals surface area contributed by atoms with Crippen LogP contribution in [0.1, 0.15) is 32.9 Å². The van der Waals surface area contributed by atoms with Crippen molar-refractivity contribution < 1.29 is 22.4 Å². The summed E-state index contributed by atoms with van der Waals surface area (Å²) in [5.74, 6) is -1.10. The van der Waals surface area contributed by atoms with Gasteiger partial charge in [0.15, 0.2) is 17.0 Å². The second-order valence-electron chi connectivity index (χ2n) is 8.63. The van der Waals surface area contributed by atoms with Crippen LogP contribution in [0.5, 0.6) is 0 Å². The van der Waals surface area contributed by atoms with Gasteiger partial charge in [0.2, 0.25) is 0 Å². The van der Waals surface area contributed by atoms with E-state index in [1.54, 1.807) is 24.3 Å². The Labute approximate surface area is 208 Å². The fourth-order valence-corrected chi connectivity index (χ4v) is 3.87. The molecule has 5 aromatic rings. The Morgan fingerprint density at radius 1 is 1.03 bits per heavy atom. The Balaban J connectivity index is 1.43. The van der Waals surface area contributed by atoms with Crippen LogP contribution in [-0.4, -0.2) is 30.3 Å². The number of carbonyl (C=O) groups is 1. The number of benzene rings is 2. The van der Waals surface area contributed by atoms with Crippen LogP contribution in [0.2, 0.25) is 0 Å². The molecular formula is C26H20F4N6O. The van der Waals surface area contributed by atoms with Gasteiger partial charge in [-0.2, -0.15) is 23.4 Å². The predicted molar refractivity (Wildman–Crippen MR) is 129 cm³/mol. The van der Waals surface area contributed by atoms with Gasteiger partial charge in [-0.25, -0.2) is 13.9 Å². The number of hydrogen-bond acceptors (Lipinski definition) is 4. The molecule has 0 atom stereocenters. The third-order valence-electron chi connectivity index (χ3n) is 5.88. The summed E-state index contributed by atoms with van der Waals surface area (Å²) < 4.78 is 57.2. The number of alkyl halides is 3. The lowest BCUT2D eigenvalue weighted by Gasteiger charge is -2.11. The van der Waals surface area contributed by atoms with E-state index in [1.807, 2.05) is 19.9 Å².